The van der Waals surface area contributed by atoms with Crippen LogP contribution in [0.5, 0.6) is 0 Å². The fourth-order valence-electron chi connectivity index (χ4n) is 1.52. The summed E-state index contributed by atoms with van der Waals surface area (Å²) in [6.07, 6.45) is 1.53. The zero-order valence-electron chi connectivity index (χ0n) is 9.54. The van der Waals surface area contributed by atoms with Crippen molar-refractivity contribution in [2.24, 2.45) is 0 Å². The van der Waals surface area contributed by atoms with Crippen molar-refractivity contribution >= 4 is 33.3 Å². The molecule has 0 spiro atoms. The van der Waals surface area contributed by atoms with Gasteiger partial charge in [0.25, 0.3) is 5.69 Å². The molecule has 0 fully saturated rings. The van der Waals surface area contributed by atoms with E-state index in [1.54, 1.807) is 18.2 Å². The van der Waals surface area contributed by atoms with E-state index in [4.69, 9.17) is 9.68 Å². The molecule has 19 heavy (non-hydrogen) atoms. The molecule has 1 heterocycles. The molecule has 0 amide bonds. The second-order valence-electron chi connectivity index (χ2n) is 3.62. The van der Waals surface area contributed by atoms with Gasteiger partial charge in [0.1, 0.15) is 5.76 Å². The Labute approximate surface area is 117 Å². The Bertz CT molecular complexity index is 698. The topological polar surface area (TPSA) is 80.1 Å². The third kappa shape index (κ3) is 3.09. The molecule has 6 heteroatoms. The van der Waals surface area contributed by atoms with Crippen LogP contribution in [0.2, 0.25) is 0 Å². The molecule has 1 aromatic heterocycles. The highest BCUT2D eigenvalue weighted by atomic mass is 79.9. The third-order valence-corrected chi connectivity index (χ3v) is 2.80. The maximum Gasteiger partial charge on any atom is 0.270 e. The van der Waals surface area contributed by atoms with Gasteiger partial charge in [0.05, 0.1) is 16.6 Å². The van der Waals surface area contributed by atoms with Gasteiger partial charge in [0.15, 0.2) is 4.67 Å². The SMILES string of the molecule is N#C/C(=C/c1ccc(Br)o1)c1cccc([N+](=O)[O-])c1. The molecular weight excluding hydrogens is 312 g/mol. The molecule has 0 unspecified atom stereocenters. The molecule has 0 aliphatic rings. The molecule has 5 nitrogen and oxygen atoms in total. The van der Waals surface area contributed by atoms with Crippen molar-refractivity contribution in [2.45, 2.75) is 0 Å². The first-order valence-electron chi connectivity index (χ1n) is 5.22. The Kier molecular flexibility index (Phi) is 3.78. The smallest absolute Gasteiger partial charge is 0.270 e. The summed E-state index contributed by atoms with van der Waals surface area (Å²) in [6, 6.07) is 11.3. The van der Waals surface area contributed by atoms with Gasteiger partial charge in [-0.3, -0.25) is 10.1 Å². The van der Waals surface area contributed by atoms with Gasteiger partial charge in [-0.15, -0.1) is 0 Å². The zero-order chi connectivity index (χ0) is 13.8. The number of hydrogen-bond donors (Lipinski definition) is 0. The predicted octanol–water partition coefficient (Wildman–Crippen LogP) is 4.01. The lowest BCUT2D eigenvalue weighted by Crippen LogP contribution is -1.89. The molecule has 0 radical (unpaired) electrons. The van der Waals surface area contributed by atoms with Crippen LogP contribution < -0.4 is 0 Å². The van der Waals surface area contributed by atoms with Crippen molar-refractivity contribution in [3.05, 3.63) is 62.5 Å². The fraction of sp³-hybridized carbons (Fsp3) is 0. The van der Waals surface area contributed by atoms with E-state index in [-0.39, 0.29) is 5.69 Å². The van der Waals surface area contributed by atoms with E-state index in [0.717, 1.165) is 0 Å². The normalized spacial score (nSPS) is 11.1. The van der Waals surface area contributed by atoms with Crippen molar-refractivity contribution in [1.82, 2.24) is 0 Å². The summed E-state index contributed by atoms with van der Waals surface area (Å²) in [4.78, 5) is 10.2. The minimum absolute atomic E-state index is 0.0562. The van der Waals surface area contributed by atoms with Crippen LogP contribution in [0.3, 0.4) is 0 Å². The second kappa shape index (κ2) is 5.50. The van der Waals surface area contributed by atoms with Crippen molar-refractivity contribution < 1.29 is 9.34 Å². The molecule has 94 valence electrons. The first-order valence-corrected chi connectivity index (χ1v) is 6.01. The first kappa shape index (κ1) is 13.1. The highest BCUT2D eigenvalue weighted by molar-refractivity contribution is 9.10. The van der Waals surface area contributed by atoms with Gasteiger partial charge in [0.2, 0.25) is 0 Å². The van der Waals surface area contributed by atoms with Crippen molar-refractivity contribution in [1.29, 1.82) is 5.26 Å². The highest BCUT2D eigenvalue weighted by Crippen LogP contribution is 2.23. The lowest BCUT2D eigenvalue weighted by molar-refractivity contribution is -0.384. The number of allylic oxidation sites excluding steroid dienone is 1. The van der Waals surface area contributed by atoms with Crippen molar-refractivity contribution in [3.8, 4) is 6.07 Å². The summed E-state index contributed by atoms with van der Waals surface area (Å²) in [5.41, 5.74) is 0.717. The molecule has 0 saturated carbocycles. The number of nitriles is 1. The van der Waals surface area contributed by atoms with E-state index in [1.807, 2.05) is 6.07 Å². The number of hydrogen-bond acceptors (Lipinski definition) is 4. The van der Waals surface area contributed by atoms with Gasteiger partial charge < -0.3 is 4.42 Å². The number of halogens is 1. The van der Waals surface area contributed by atoms with Crippen molar-refractivity contribution in [2.75, 3.05) is 0 Å². The summed E-state index contributed by atoms with van der Waals surface area (Å²) < 4.78 is 5.82. The molecule has 2 rings (SSSR count). The van der Waals surface area contributed by atoms with Crippen molar-refractivity contribution in [3.63, 3.8) is 0 Å². The lowest BCUT2D eigenvalue weighted by Gasteiger charge is -1.98. The average molecular weight is 319 g/mol. The molecule has 0 saturated heterocycles. The van der Waals surface area contributed by atoms with E-state index in [0.29, 0.717) is 21.6 Å². The zero-order valence-corrected chi connectivity index (χ0v) is 11.1. The Morgan fingerprint density at radius 2 is 2.21 bits per heavy atom. The van der Waals surface area contributed by atoms with Gasteiger partial charge >= 0.3 is 0 Å². The molecule has 1 aromatic carbocycles. The van der Waals surface area contributed by atoms with Gasteiger partial charge in [-0.1, -0.05) is 12.1 Å². The Balaban J connectivity index is 2.43. The minimum Gasteiger partial charge on any atom is -0.450 e. The van der Waals surface area contributed by atoms with E-state index in [1.165, 1.54) is 24.3 Å². The number of furan rings is 1. The number of nitro groups is 1. The number of benzene rings is 1. The largest absolute Gasteiger partial charge is 0.450 e. The van der Waals surface area contributed by atoms with E-state index in [2.05, 4.69) is 15.9 Å². The predicted molar refractivity (Wildman–Crippen MR) is 73.0 cm³/mol. The monoisotopic (exact) mass is 318 g/mol. The van der Waals surface area contributed by atoms with E-state index >= 15 is 0 Å². The molecule has 0 N–H and O–H groups in total. The number of nitro benzene ring substituents is 1. The van der Waals surface area contributed by atoms with E-state index < -0.39 is 4.92 Å². The maximum atomic E-state index is 10.7. The molecular formula is C13H7BrN2O3. The van der Waals surface area contributed by atoms with Gasteiger partial charge in [-0.25, -0.2) is 0 Å². The van der Waals surface area contributed by atoms with Crippen LogP contribution >= 0.6 is 15.9 Å². The van der Waals surface area contributed by atoms with E-state index in [9.17, 15) is 10.1 Å². The summed E-state index contributed by atoms with van der Waals surface area (Å²) in [7, 11) is 0. The Morgan fingerprint density at radius 1 is 1.42 bits per heavy atom. The summed E-state index contributed by atoms with van der Waals surface area (Å²) in [6.45, 7) is 0. The van der Waals surface area contributed by atoms with Crippen LogP contribution in [0.4, 0.5) is 5.69 Å². The summed E-state index contributed by atoms with van der Waals surface area (Å²) in [5.74, 6) is 0.495. The summed E-state index contributed by atoms with van der Waals surface area (Å²) in [5, 5.41) is 19.8. The summed E-state index contributed by atoms with van der Waals surface area (Å²) >= 11 is 3.16. The quantitative estimate of drug-likeness (QED) is 0.486. The van der Waals surface area contributed by atoms with Crippen LogP contribution in [0.1, 0.15) is 11.3 Å². The Morgan fingerprint density at radius 3 is 2.79 bits per heavy atom. The molecule has 0 bridgehead atoms. The van der Waals surface area contributed by atoms with Crippen LogP contribution in [0.15, 0.2) is 45.5 Å². The second-order valence-corrected chi connectivity index (χ2v) is 4.40. The third-order valence-electron chi connectivity index (χ3n) is 2.37. The first-order chi connectivity index (χ1) is 9.10. The molecule has 2 aromatic rings. The molecule has 0 aliphatic carbocycles. The minimum atomic E-state index is -0.498. The van der Waals surface area contributed by atoms with Gasteiger partial charge in [0, 0.05) is 12.1 Å². The standard InChI is InChI=1S/C13H7BrN2O3/c14-13-5-4-12(19-13)7-10(8-15)9-2-1-3-11(6-9)16(17)18/h1-7H/b10-7-. The average Bonchev–Trinajstić information content (AvgIpc) is 2.81. The number of rotatable bonds is 3. The number of nitrogens with zero attached hydrogens (tertiary/aromatic N) is 2. The molecule has 0 aliphatic heterocycles. The number of non-ortho nitro benzene ring substituents is 1. The lowest BCUT2D eigenvalue weighted by atomic mass is 10.1. The Hall–Kier alpha value is -2.39. The van der Waals surface area contributed by atoms with Gasteiger partial charge in [-0.2, -0.15) is 5.26 Å². The van der Waals surface area contributed by atoms with Crippen LogP contribution in [0, 0.1) is 21.4 Å². The maximum absolute atomic E-state index is 10.7. The van der Waals surface area contributed by atoms with Gasteiger partial charge in [-0.05, 0) is 39.7 Å². The highest BCUT2D eigenvalue weighted by Gasteiger charge is 2.09. The van der Waals surface area contributed by atoms with Crippen LogP contribution in [-0.4, -0.2) is 4.92 Å². The van der Waals surface area contributed by atoms with Crippen LogP contribution in [-0.2, 0) is 0 Å². The van der Waals surface area contributed by atoms with Crippen LogP contribution in [0.25, 0.3) is 11.6 Å². The fourth-order valence-corrected chi connectivity index (χ4v) is 1.83. The molecule has 0 atom stereocenters.